The van der Waals surface area contributed by atoms with Gasteiger partial charge in [0.1, 0.15) is 0 Å². The Hall–Kier alpha value is -4.83. The lowest BCUT2D eigenvalue weighted by Crippen LogP contribution is -2.40. The van der Waals surface area contributed by atoms with Gasteiger partial charge in [0.15, 0.2) is 4.80 Å². The number of allylic oxidation sites excluding steroid dienone is 1. The van der Waals surface area contributed by atoms with Crippen LogP contribution in [0.1, 0.15) is 24.1 Å². The summed E-state index contributed by atoms with van der Waals surface area (Å²) in [6.45, 7) is 1.73. The second kappa shape index (κ2) is 10.5. The standard InChI is InChI=1S/C29H25N5O4S/c1-18-25(27(35)31-21-7-5-4-6-8-21)26(20-11-15-23(16-12-20)34(37)38)33-28(36)24(39-29(33)30-18)17-19-9-13-22(14-10-19)32(2)3/h4-17,26H,1-3H3,(H,31,35)/b24-17-. The molecule has 0 fully saturated rings. The fourth-order valence-electron chi connectivity index (χ4n) is 4.45. The molecule has 1 aliphatic heterocycles. The van der Waals surface area contributed by atoms with E-state index in [2.05, 4.69) is 10.3 Å². The minimum Gasteiger partial charge on any atom is -0.378 e. The first-order chi connectivity index (χ1) is 18.7. The molecule has 3 aromatic carbocycles. The normalized spacial score (nSPS) is 14.9. The van der Waals surface area contributed by atoms with E-state index in [1.54, 1.807) is 37.3 Å². The summed E-state index contributed by atoms with van der Waals surface area (Å²) in [5.74, 6) is -0.403. The number of hydrogen-bond donors (Lipinski definition) is 1. The lowest BCUT2D eigenvalue weighted by Gasteiger charge is -2.25. The summed E-state index contributed by atoms with van der Waals surface area (Å²) in [6.07, 6.45) is 1.80. The second-order valence-corrected chi connectivity index (χ2v) is 10.2. The molecule has 0 spiro atoms. The van der Waals surface area contributed by atoms with Crippen LogP contribution in [0.4, 0.5) is 17.1 Å². The Balaban J connectivity index is 1.65. The van der Waals surface area contributed by atoms with E-state index in [9.17, 15) is 19.7 Å². The molecule has 1 aliphatic rings. The van der Waals surface area contributed by atoms with Gasteiger partial charge in [-0.3, -0.25) is 24.3 Å². The molecule has 2 heterocycles. The van der Waals surface area contributed by atoms with Crippen molar-refractivity contribution in [2.24, 2.45) is 4.99 Å². The number of benzene rings is 3. The maximum Gasteiger partial charge on any atom is 0.271 e. The Kier molecular flexibility index (Phi) is 6.95. The van der Waals surface area contributed by atoms with Crippen LogP contribution in [0.2, 0.25) is 0 Å². The number of carbonyl (C=O) groups is 1. The van der Waals surface area contributed by atoms with Crippen molar-refractivity contribution in [2.75, 3.05) is 24.3 Å². The van der Waals surface area contributed by atoms with E-state index < -0.39 is 16.9 Å². The summed E-state index contributed by atoms with van der Waals surface area (Å²) in [5, 5.41) is 14.2. The van der Waals surface area contributed by atoms with Crippen molar-refractivity contribution in [3.63, 3.8) is 0 Å². The van der Waals surface area contributed by atoms with Crippen LogP contribution in [0.5, 0.6) is 0 Å². The van der Waals surface area contributed by atoms with Gasteiger partial charge in [-0.2, -0.15) is 0 Å². The van der Waals surface area contributed by atoms with Crippen LogP contribution in [-0.2, 0) is 4.79 Å². The summed E-state index contributed by atoms with van der Waals surface area (Å²) < 4.78 is 1.97. The maximum atomic E-state index is 13.8. The van der Waals surface area contributed by atoms with E-state index in [1.165, 1.54) is 28.0 Å². The molecular weight excluding hydrogens is 514 g/mol. The largest absolute Gasteiger partial charge is 0.378 e. The number of para-hydroxylation sites is 1. The summed E-state index contributed by atoms with van der Waals surface area (Å²) >= 11 is 1.24. The number of amides is 1. The molecule has 1 aromatic heterocycles. The Morgan fingerprint density at radius 3 is 2.33 bits per heavy atom. The summed E-state index contributed by atoms with van der Waals surface area (Å²) in [5.41, 5.74) is 3.45. The van der Waals surface area contributed by atoms with E-state index in [-0.39, 0.29) is 11.2 Å². The van der Waals surface area contributed by atoms with Gasteiger partial charge in [-0.25, -0.2) is 4.99 Å². The van der Waals surface area contributed by atoms with Crippen LogP contribution in [-0.4, -0.2) is 29.5 Å². The van der Waals surface area contributed by atoms with Crippen molar-refractivity contribution in [3.05, 3.63) is 131 Å². The van der Waals surface area contributed by atoms with Gasteiger partial charge in [0.25, 0.3) is 17.2 Å². The number of non-ortho nitro benzene ring substituents is 1. The van der Waals surface area contributed by atoms with Gasteiger partial charge in [0, 0.05) is 37.6 Å². The van der Waals surface area contributed by atoms with Crippen molar-refractivity contribution in [1.82, 2.24) is 4.57 Å². The van der Waals surface area contributed by atoms with Crippen molar-refractivity contribution >= 4 is 40.4 Å². The van der Waals surface area contributed by atoms with Gasteiger partial charge in [-0.15, -0.1) is 0 Å². The number of nitro benzene ring substituents is 1. The highest BCUT2D eigenvalue weighted by molar-refractivity contribution is 7.07. The molecule has 1 atom stereocenters. The predicted octanol–water partition coefficient (Wildman–Crippen LogP) is 3.85. The molecule has 39 heavy (non-hydrogen) atoms. The summed E-state index contributed by atoms with van der Waals surface area (Å²) in [6, 6.07) is 21.9. The molecule has 1 N–H and O–H groups in total. The molecule has 0 bridgehead atoms. The zero-order valence-corrected chi connectivity index (χ0v) is 22.3. The second-order valence-electron chi connectivity index (χ2n) is 9.24. The van der Waals surface area contributed by atoms with E-state index >= 15 is 0 Å². The lowest BCUT2D eigenvalue weighted by atomic mass is 9.95. The summed E-state index contributed by atoms with van der Waals surface area (Å²) in [7, 11) is 3.91. The predicted molar refractivity (Wildman–Crippen MR) is 153 cm³/mol. The van der Waals surface area contributed by atoms with Crippen molar-refractivity contribution in [2.45, 2.75) is 13.0 Å². The highest BCUT2D eigenvalue weighted by atomic mass is 32.1. The molecule has 1 amide bonds. The molecule has 0 saturated heterocycles. The average molecular weight is 540 g/mol. The smallest absolute Gasteiger partial charge is 0.271 e. The monoisotopic (exact) mass is 539 g/mol. The van der Waals surface area contributed by atoms with Crippen LogP contribution in [0.25, 0.3) is 6.08 Å². The van der Waals surface area contributed by atoms with Gasteiger partial charge in [-0.1, -0.05) is 41.7 Å². The van der Waals surface area contributed by atoms with Gasteiger partial charge >= 0.3 is 0 Å². The molecule has 1 unspecified atom stereocenters. The number of aromatic nitrogens is 1. The van der Waals surface area contributed by atoms with E-state index in [1.807, 2.05) is 61.5 Å². The number of carbonyl (C=O) groups excluding carboxylic acids is 1. The Labute approximate surface area is 227 Å². The molecule has 196 valence electrons. The quantitative estimate of drug-likeness (QED) is 0.296. The number of nitrogens with one attached hydrogen (secondary N) is 1. The van der Waals surface area contributed by atoms with Crippen LogP contribution >= 0.6 is 11.3 Å². The zero-order chi connectivity index (χ0) is 27.7. The lowest BCUT2D eigenvalue weighted by molar-refractivity contribution is -0.384. The zero-order valence-electron chi connectivity index (χ0n) is 21.5. The SMILES string of the molecule is CC1=C(C(=O)Nc2ccccc2)C(c2ccc([N+](=O)[O-])cc2)n2c(s/c(=C\c3ccc(N(C)C)cc3)c2=O)=N1. The molecule has 10 heteroatoms. The van der Waals surface area contributed by atoms with Crippen LogP contribution in [0.3, 0.4) is 0 Å². The highest BCUT2D eigenvalue weighted by Crippen LogP contribution is 2.31. The van der Waals surface area contributed by atoms with Crippen LogP contribution in [0.15, 0.2) is 99.9 Å². The van der Waals surface area contributed by atoms with Gasteiger partial charge in [-0.05, 0) is 60.5 Å². The van der Waals surface area contributed by atoms with Crippen LogP contribution < -0.4 is 25.1 Å². The van der Waals surface area contributed by atoms with Crippen molar-refractivity contribution in [3.8, 4) is 0 Å². The van der Waals surface area contributed by atoms with Crippen molar-refractivity contribution in [1.29, 1.82) is 0 Å². The summed E-state index contributed by atoms with van der Waals surface area (Å²) in [4.78, 5) is 45.2. The first-order valence-corrected chi connectivity index (χ1v) is 13.0. The van der Waals surface area contributed by atoms with Gasteiger partial charge in [0.2, 0.25) is 0 Å². The Morgan fingerprint density at radius 2 is 1.72 bits per heavy atom. The molecule has 9 nitrogen and oxygen atoms in total. The van der Waals surface area contributed by atoms with Crippen LogP contribution in [0, 0.1) is 10.1 Å². The topological polar surface area (TPSA) is 110 Å². The van der Waals surface area contributed by atoms with E-state index in [0.29, 0.717) is 31.9 Å². The average Bonchev–Trinajstić information content (AvgIpc) is 3.22. The minimum absolute atomic E-state index is 0.0803. The maximum absolute atomic E-state index is 13.8. The van der Waals surface area contributed by atoms with E-state index in [4.69, 9.17) is 0 Å². The number of nitrogens with zero attached hydrogens (tertiary/aromatic N) is 4. The number of hydrogen-bond acceptors (Lipinski definition) is 7. The molecule has 0 aliphatic carbocycles. The molecule has 0 radical (unpaired) electrons. The number of anilines is 2. The van der Waals surface area contributed by atoms with Gasteiger partial charge in [0.05, 0.1) is 26.8 Å². The van der Waals surface area contributed by atoms with Crippen molar-refractivity contribution < 1.29 is 9.72 Å². The fourth-order valence-corrected chi connectivity index (χ4v) is 5.49. The highest BCUT2D eigenvalue weighted by Gasteiger charge is 2.32. The third kappa shape index (κ3) is 5.14. The third-order valence-electron chi connectivity index (χ3n) is 6.42. The number of nitro groups is 1. The first kappa shape index (κ1) is 25.8. The minimum atomic E-state index is -0.816. The molecule has 5 rings (SSSR count). The molecule has 0 saturated carbocycles. The Bertz CT molecular complexity index is 1770. The first-order valence-electron chi connectivity index (χ1n) is 12.1. The number of rotatable bonds is 6. The van der Waals surface area contributed by atoms with E-state index in [0.717, 1.165) is 11.3 Å². The number of thiazole rings is 1. The fraction of sp³-hybridized carbons (Fsp3) is 0.138. The molecular formula is C29H25N5O4S. The third-order valence-corrected chi connectivity index (χ3v) is 7.41. The number of fused-ring (bicyclic) bond motifs is 1. The van der Waals surface area contributed by atoms with Gasteiger partial charge < -0.3 is 10.2 Å². The Morgan fingerprint density at radius 1 is 1.05 bits per heavy atom. The molecule has 4 aromatic rings.